The number of nitrogens with zero attached hydrogens (tertiary/aromatic N) is 3. The summed E-state index contributed by atoms with van der Waals surface area (Å²) in [5.74, 6) is 1.03. The summed E-state index contributed by atoms with van der Waals surface area (Å²) >= 11 is 0. The van der Waals surface area contributed by atoms with Crippen molar-refractivity contribution in [2.45, 2.75) is 19.9 Å². The Morgan fingerprint density at radius 2 is 1.95 bits per heavy atom. The molecule has 1 atom stereocenters. The zero-order chi connectivity index (χ0) is 14.7. The van der Waals surface area contributed by atoms with Gasteiger partial charge in [-0.05, 0) is 58.3 Å². The first-order valence-electron chi connectivity index (χ1n) is 7.09. The van der Waals surface area contributed by atoms with Crippen LogP contribution in [0.3, 0.4) is 0 Å². The predicted octanol–water partition coefficient (Wildman–Crippen LogP) is 2.59. The zero-order valence-electron chi connectivity index (χ0n) is 12.8. The lowest BCUT2D eigenvalue weighted by molar-refractivity contribution is 0.372. The molecule has 4 nitrogen and oxygen atoms in total. The van der Waals surface area contributed by atoms with Crippen molar-refractivity contribution in [3.05, 3.63) is 30.3 Å². The summed E-state index contributed by atoms with van der Waals surface area (Å²) in [5, 5.41) is 1.09. The molecule has 0 aliphatic rings. The lowest BCUT2D eigenvalue weighted by Gasteiger charge is -2.31. The van der Waals surface area contributed by atoms with Crippen molar-refractivity contribution in [1.82, 2.24) is 9.88 Å². The predicted molar refractivity (Wildman–Crippen MR) is 87.2 cm³/mol. The lowest BCUT2D eigenvalue weighted by atomic mass is 10.2. The quantitative estimate of drug-likeness (QED) is 0.850. The first kappa shape index (κ1) is 14.6. The Morgan fingerprint density at radius 1 is 1.20 bits per heavy atom. The molecule has 0 bridgehead atoms. The van der Waals surface area contributed by atoms with Crippen LogP contribution in [0.2, 0.25) is 0 Å². The molecule has 0 radical (unpaired) electrons. The molecule has 2 aromatic rings. The van der Waals surface area contributed by atoms with E-state index < -0.39 is 0 Å². The Morgan fingerprint density at radius 3 is 2.60 bits per heavy atom. The molecule has 108 valence electrons. The topological polar surface area (TPSA) is 45.4 Å². The number of nitrogens with two attached hydrogens (primary N) is 1. The second-order valence-electron chi connectivity index (χ2n) is 5.52. The third-order valence-corrected chi connectivity index (χ3v) is 3.49. The third-order valence-electron chi connectivity index (χ3n) is 3.49. The summed E-state index contributed by atoms with van der Waals surface area (Å²) in [6, 6.07) is 10.5. The average Bonchev–Trinajstić information content (AvgIpc) is 2.38. The molecular weight excluding hydrogens is 248 g/mol. The van der Waals surface area contributed by atoms with Gasteiger partial charge in [0.25, 0.3) is 0 Å². The van der Waals surface area contributed by atoms with Gasteiger partial charge in [0.2, 0.25) is 0 Å². The number of likely N-dealkylation sites (N-methyl/N-ethyl adjacent to an activating group) is 2. The number of fused-ring (bicyclic) bond motifs is 1. The summed E-state index contributed by atoms with van der Waals surface area (Å²) in [4.78, 5) is 9.30. The molecule has 0 aliphatic heterocycles. The van der Waals surface area contributed by atoms with E-state index in [0.29, 0.717) is 6.04 Å². The second-order valence-corrected chi connectivity index (χ2v) is 5.52. The highest BCUT2D eigenvalue weighted by molar-refractivity contribution is 5.83. The second kappa shape index (κ2) is 6.09. The number of pyridine rings is 1. The van der Waals surface area contributed by atoms with E-state index in [4.69, 9.17) is 10.7 Å². The minimum absolute atomic E-state index is 0.425. The van der Waals surface area contributed by atoms with Gasteiger partial charge in [0.05, 0.1) is 5.52 Å². The number of hydrogen-bond donors (Lipinski definition) is 1. The monoisotopic (exact) mass is 272 g/mol. The smallest absolute Gasteiger partial charge is 0.129 e. The fourth-order valence-corrected chi connectivity index (χ4v) is 2.62. The summed E-state index contributed by atoms with van der Waals surface area (Å²) in [6.45, 7) is 6.36. The van der Waals surface area contributed by atoms with Crippen LogP contribution in [-0.4, -0.2) is 43.1 Å². The van der Waals surface area contributed by atoms with Crippen LogP contribution in [0.5, 0.6) is 0 Å². The minimum atomic E-state index is 0.425. The van der Waals surface area contributed by atoms with Crippen molar-refractivity contribution < 1.29 is 0 Å². The van der Waals surface area contributed by atoms with Gasteiger partial charge in [-0.3, -0.25) is 0 Å². The molecular formula is C16H24N4. The zero-order valence-corrected chi connectivity index (χ0v) is 12.8. The van der Waals surface area contributed by atoms with Crippen LogP contribution in [0.25, 0.3) is 10.9 Å². The Kier molecular flexibility index (Phi) is 4.45. The molecule has 2 N–H and O–H groups in total. The normalized spacial score (nSPS) is 12.8. The van der Waals surface area contributed by atoms with Crippen molar-refractivity contribution in [1.29, 1.82) is 0 Å². The van der Waals surface area contributed by atoms with Crippen molar-refractivity contribution in [2.24, 2.45) is 0 Å². The number of benzene rings is 1. The molecule has 20 heavy (non-hydrogen) atoms. The van der Waals surface area contributed by atoms with Gasteiger partial charge < -0.3 is 15.5 Å². The SMILES string of the molecule is CCN(c1ccc2cc(N)ccc2n1)C(C)CN(C)C. The maximum atomic E-state index is 5.81. The fourth-order valence-electron chi connectivity index (χ4n) is 2.62. The summed E-state index contributed by atoms with van der Waals surface area (Å²) in [5.41, 5.74) is 7.58. The van der Waals surface area contributed by atoms with Crippen LogP contribution in [-0.2, 0) is 0 Å². The first-order valence-corrected chi connectivity index (χ1v) is 7.09. The number of aromatic nitrogens is 1. The van der Waals surface area contributed by atoms with Gasteiger partial charge in [-0.25, -0.2) is 4.98 Å². The Bertz CT molecular complexity index is 580. The number of nitrogen functional groups attached to an aromatic ring is 1. The molecule has 0 spiro atoms. The summed E-state index contributed by atoms with van der Waals surface area (Å²) < 4.78 is 0. The van der Waals surface area contributed by atoms with E-state index >= 15 is 0 Å². The van der Waals surface area contributed by atoms with Crippen LogP contribution >= 0.6 is 0 Å². The van der Waals surface area contributed by atoms with Crippen LogP contribution in [0.15, 0.2) is 30.3 Å². The molecule has 1 aromatic heterocycles. The molecule has 0 amide bonds. The van der Waals surface area contributed by atoms with Crippen LogP contribution in [0.1, 0.15) is 13.8 Å². The highest BCUT2D eigenvalue weighted by atomic mass is 15.2. The Balaban J connectivity index is 2.32. The van der Waals surface area contributed by atoms with Crippen LogP contribution in [0, 0.1) is 0 Å². The van der Waals surface area contributed by atoms with Gasteiger partial charge in [-0.15, -0.1) is 0 Å². The van der Waals surface area contributed by atoms with E-state index in [0.717, 1.165) is 35.5 Å². The van der Waals surface area contributed by atoms with Crippen LogP contribution in [0.4, 0.5) is 11.5 Å². The van der Waals surface area contributed by atoms with E-state index in [1.54, 1.807) is 0 Å². The van der Waals surface area contributed by atoms with Gasteiger partial charge in [0.1, 0.15) is 5.82 Å². The highest BCUT2D eigenvalue weighted by Crippen LogP contribution is 2.21. The fraction of sp³-hybridized carbons (Fsp3) is 0.438. The van der Waals surface area contributed by atoms with Crippen molar-refractivity contribution >= 4 is 22.4 Å². The third kappa shape index (κ3) is 3.20. The van der Waals surface area contributed by atoms with Crippen molar-refractivity contribution in [3.8, 4) is 0 Å². The molecule has 1 unspecified atom stereocenters. The summed E-state index contributed by atoms with van der Waals surface area (Å²) in [6.07, 6.45) is 0. The maximum Gasteiger partial charge on any atom is 0.129 e. The van der Waals surface area contributed by atoms with E-state index in [2.05, 4.69) is 49.9 Å². The molecule has 1 heterocycles. The summed E-state index contributed by atoms with van der Waals surface area (Å²) in [7, 11) is 4.20. The van der Waals surface area contributed by atoms with Gasteiger partial charge in [-0.1, -0.05) is 0 Å². The number of anilines is 2. The molecule has 0 aliphatic carbocycles. The standard InChI is InChI=1S/C16H24N4/c1-5-20(12(2)11-19(3)4)16-9-6-13-10-14(17)7-8-15(13)18-16/h6-10,12H,5,11,17H2,1-4H3. The van der Waals surface area contributed by atoms with E-state index in [1.165, 1.54) is 0 Å². The Hall–Kier alpha value is -1.81. The van der Waals surface area contributed by atoms with E-state index in [1.807, 2.05) is 18.2 Å². The number of rotatable bonds is 5. The molecule has 4 heteroatoms. The van der Waals surface area contributed by atoms with Gasteiger partial charge in [0.15, 0.2) is 0 Å². The maximum absolute atomic E-state index is 5.81. The lowest BCUT2D eigenvalue weighted by Crippen LogP contribution is -2.40. The minimum Gasteiger partial charge on any atom is -0.399 e. The molecule has 0 saturated heterocycles. The first-order chi connectivity index (χ1) is 9.51. The van der Waals surface area contributed by atoms with E-state index in [-0.39, 0.29) is 0 Å². The number of hydrogen-bond acceptors (Lipinski definition) is 4. The largest absolute Gasteiger partial charge is 0.399 e. The molecule has 2 rings (SSSR count). The van der Waals surface area contributed by atoms with Gasteiger partial charge >= 0.3 is 0 Å². The van der Waals surface area contributed by atoms with Crippen molar-refractivity contribution in [3.63, 3.8) is 0 Å². The van der Waals surface area contributed by atoms with Gasteiger partial charge in [-0.2, -0.15) is 0 Å². The van der Waals surface area contributed by atoms with Crippen molar-refractivity contribution in [2.75, 3.05) is 37.8 Å². The molecule has 0 fully saturated rings. The average molecular weight is 272 g/mol. The molecule has 1 aromatic carbocycles. The van der Waals surface area contributed by atoms with E-state index in [9.17, 15) is 0 Å². The molecule has 0 saturated carbocycles. The highest BCUT2D eigenvalue weighted by Gasteiger charge is 2.15. The van der Waals surface area contributed by atoms with Gasteiger partial charge in [0, 0.05) is 30.2 Å². The van der Waals surface area contributed by atoms with Crippen LogP contribution < -0.4 is 10.6 Å². The Labute approximate surface area is 121 Å².